The molecule has 6 heteroatoms. The molecule has 20 heavy (non-hydrogen) atoms. The van der Waals surface area contributed by atoms with E-state index in [0.29, 0.717) is 25.2 Å². The van der Waals surface area contributed by atoms with Crippen molar-refractivity contribution in [2.75, 3.05) is 25.9 Å². The smallest absolute Gasteiger partial charge is 0.311 e. The first-order valence-electron chi connectivity index (χ1n) is 7.54. The maximum atomic E-state index is 12.3. The number of likely N-dealkylation sites (tertiary alicyclic amines) is 1. The van der Waals surface area contributed by atoms with Gasteiger partial charge in [-0.05, 0) is 51.4 Å². The van der Waals surface area contributed by atoms with E-state index in [0.717, 1.165) is 18.1 Å². The van der Waals surface area contributed by atoms with Gasteiger partial charge in [-0.15, -0.1) is 0 Å². The van der Waals surface area contributed by atoms with E-state index in [-0.39, 0.29) is 0 Å². The summed E-state index contributed by atoms with van der Waals surface area (Å²) in [5.74, 6) is 0. The van der Waals surface area contributed by atoms with Crippen molar-refractivity contribution in [2.24, 2.45) is 0 Å². The molecule has 0 aromatic rings. The van der Waals surface area contributed by atoms with Crippen LogP contribution in [0.25, 0.3) is 0 Å². The van der Waals surface area contributed by atoms with E-state index < -0.39 is 12.7 Å². The summed E-state index contributed by atoms with van der Waals surface area (Å²) in [7, 11) is 0. The summed E-state index contributed by atoms with van der Waals surface area (Å²) >= 11 is 1.95. The van der Waals surface area contributed by atoms with Crippen molar-refractivity contribution in [1.82, 2.24) is 10.2 Å². The zero-order valence-corrected chi connectivity index (χ0v) is 12.9. The van der Waals surface area contributed by atoms with E-state index in [1.165, 1.54) is 30.6 Å². The van der Waals surface area contributed by atoms with Gasteiger partial charge in [0.2, 0.25) is 0 Å². The highest BCUT2D eigenvalue weighted by Crippen LogP contribution is 2.28. The van der Waals surface area contributed by atoms with Gasteiger partial charge in [-0.25, -0.2) is 0 Å². The molecule has 1 N–H and O–H groups in total. The Balaban J connectivity index is 1.69. The molecule has 0 aromatic carbocycles. The van der Waals surface area contributed by atoms with Gasteiger partial charge in [0.25, 0.3) is 0 Å². The van der Waals surface area contributed by atoms with Crippen LogP contribution in [0, 0.1) is 0 Å². The number of alkyl halides is 3. The second-order valence-corrected chi connectivity index (χ2v) is 7.19. The van der Waals surface area contributed by atoms with Crippen LogP contribution < -0.4 is 5.32 Å². The lowest BCUT2D eigenvalue weighted by Crippen LogP contribution is -2.49. The first-order chi connectivity index (χ1) is 9.46. The molecule has 0 aromatic heterocycles. The lowest BCUT2D eigenvalue weighted by Gasteiger charge is -2.37. The molecule has 118 valence electrons. The van der Waals surface area contributed by atoms with E-state index in [2.05, 4.69) is 11.6 Å². The van der Waals surface area contributed by atoms with Gasteiger partial charge in [-0.3, -0.25) is 4.90 Å². The summed E-state index contributed by atoms with van der Waals surface area (Å²) in [5.41, 5.74) is 0. The van der Waals surface area contributed by atoms with Crippen LogP contribution in [0.5, 0.6) is 0 Å². The molecular weight excluding hydrogens is 285 g/mol. The van der Waals surface area contributed by atoms with Crippen LogP contribution in [-0.4, -0.2) is 54.3 Å². The molecule has 1 aliphatic carbocycles. The van der Waals surface area contributed by atoms with Gasteiger partial charge in [0, 0.05) is 17.3 Å². The van der Waals surface area contributed by atoms with Crippen LogP contribution in [0.1, 0.15) is 38.5 Å². The van der Waals surface area contributed by atoms with Crippen molar-refractivity contribution in [3.05, 3.63) is 0 Å². The number of hydrogen-bond acceptors (Lipinski definition) is 3. The van der Waals surface area contributed by atoms with Gasteiger partial charge in [0.1, 0.15) is 0 Å². The predicted octanol–water partition coefficient (Wildman–Crippen LogP) is 3.28. The highest BCUT2D eigenvalue weighted by molar-refractivity contribution is 7.99. The number of hydrogen-bond donors (Lipinski definition) is 1. The normalized spacial score (nSPS) is 30.6. The SMILES string of the molecule is CSC1CCCC(NC2CCN(CC(F)(F)F)CC2)C1. The summed E-state index contributed by atoms with van der Waals surface area (Å²) in [6.45, 7) is 0.378. The fraction of sp³-hybridized carbons (Fsp3) is 1.00. The monoisotopic (exact) mass is 310 g/mol. The summed E-state index contributed by atoms with van der Waals surface area (Å²) in [5, 5.41) is 4.44. The van der Waals surface area contributed by atoms with E-state index >= 15 is 0 Å². The number of nitrogens with one attached hydrogen (secondary N) is 1. The van der Waals surface area contributed by atoms with E-state index in [1.807, 2.05) is 11.8 Å². The third-order valence-electron chi connectivity index (χ3n) is 4.42. The molecule has 0 bridgehead atoms. The molecule has 1 heterocycles. The second kappa shape index (κ2) is 7.36. The second-order valence-electron chi connectivity index (χ2n) is 6.05. The molecule has 2 atom stereocenters. The molecule has 2 nitrogen and oxygen atoms in total. The summed E-state index contributed by atoms with van der Waals surface area (Å²) in [4.78, 5) is 1.53. The average Bonchev–Trinajstić information content (AvgIpc) is 2.40. The van der Waals surface area contributed by atoms with Crippen molar-refractivity contribution in [3.63, 3.8) is 0 Å². The van der Waals surface area contributed by atoms with E-state index in [9.17, 15) is 13.2 Å². The number of thioether (sulfide) groups is 1. The molecular formula is C14H25F3N2S. The van der Waals surface area contributed by atoms with Crippen molar-refractivity contribution in [3.8, 4) is 0 Å². The van der Waals surface area contributed by atoms with Crippen molar-refractivity contribution >= 4 is 11.8 Å². The Bertz CT molecular complexity index is 291. The quantitative estimate of drug-likeness (QED) is 0.858. The van der Waals surface area contributed by atoms with Gasteiger partial charge in [0.15, 0.2) is 0 Å². The standard InChI is InChI=1S/C14H25F3N2S/c1-20-13-4-2-3-12(9-13)18-11-5-7-19(8-6-11)10-14(15,16)17/h11-13,18H,2-10H2,1H3. The van der Waals surface area contributed by atoms with Crippen molar-refractivity contribution in [1.29, 1.82) is 0 Å². The Labute approximate surface area is 123 Å². The van der Waals surface area contributed by atoms with Crippen LogP contribution in [-0.2, 0) is 0 Å². The Hall–Kier alpha value is 0.0600. The number of nitrogens with zero attached hydrogens (tertiary/aromatic N) is 1. The number of halogens is 3. The lowest BCUT2D eigenvalue weighted by molar-refractivity contribution is -0.148. The molecule has 2 rings (SSSR count). The number of piperidine rings is 1. The van der Waals surface area contributed by atoms with Crippen LogP contribution in [0.15, 0.2) is 0 Å². The fourth-order valence-electron chi connectivity index (χ4n) is 3.36. The zero-order chi connectivity index (χ0) is 14.6. The highest BCUT2D eigenvalue weighted by atomic mass is 32.2. The third-order valence-corrected chi connectivity index (χ3v) is 5.52. The first-order valence-corrected chi connectivity index (χ1v) is 8.83. The molecule has 2 aliphatic rings. The Morgan fingerprint density at radius 2 is 1.80 bits per heavy atom. The van der Waals surface area contributed by atoms with Crippen LogP contribution in [0.3, 0.4) is 0 Å². The largest absolute Gasteiger partial charge is 0.401 e. The van der Waals surface area contributed by atoms with E-state index in [4.69, 9.17) is 0 Å². The summed E-state index contributed by atoms with van der Waals surface area (Å²) in [6.07, 6.45) is 4.81. The molecule has 1 saturated heterocycles. The maximum absolute atomic E-state index is 12.3. The highest BCUT2D eigenvalue weighted by Gasteiger charge is 2.33. The third kappa shape index (κ3) is 5.45. The van der Waals surface area contributed by atoms with E-state index in [1.54, 1.807) is 0 Å². The molecule has 2 fully saturated rings. The lowest BCUT2D eigenvalue weighted by atomic mass is 9.93. The first kappa shape index (κ1) is 16.4. The maximum Gasteiger partial charge on any atom is 0.401 e. The van der Waals surface area contributed by atoms with Crippen LogP contribution in [0.2, 0.25) is 0 Å². The molecule has 0 spiro atoms. The van der Waals surface area contributed by atoms with Crippen LogP contribution in [0.4, 0.5) is 13.2 Å². The van der Waals surface area contributed by atoms with Gasteiger partial charge in [-0.2, -0.15) is 24.9 Å². The van der Waals surface area contributed by atoms with Crippen molar-refractivity contribution < 1.29 is 13.2 Å². The minimum atomic E-state index is -4.06. The van der Waals surface area contributed by atoms with Gasteiger partial charge >= 0.3 is 6.18 Å². The Morgan fingerprint density at radius 1 is 1.10 bits per heavy atom. The summed E-state index contributed by atoms with van der Waals surface area (Å²) in [6, 6.07) is 0.977. The molecule has 0 radical (unpaired) electrons. The molecule has 2 unspecified atom stereocenters. The minimum Gasteiger partial charge on any atom is -0.311 e. The Kier molecular flexibility index (Phi) is 6.05. The Morgan fingerprint density at radius 3 is 2.40 bits per heavy atom. The molecule has 1 saturated carbocycles. The fourth-order valence-corrected chi connectivity index (χ4v) is 4.18. The van der Waals surface area contributed by atoms with Gasteiger partial charge in [-0.1, -0.05) is 6.42 Å². The molecule has 1 aliphatic heterocycles. The predicted molar refractivity (Wildman–Crippen MR) is 78.2 cm³/mol. The van der Waals surface area contributed by atoms with Gasteiger partial charge in [0.05, 0.1) is 6.54 Å². The summed E-state index contributed by atoms with van der Waals surface area (Å²) < 4.78 is 37.0. The number of rotatable bonds is 4. The topological polar surface area (TPSA) is 15.3 Å². The molecule has 0 amide bonds. The average molecular weight is 310 g/mol. The van der Waals surface area contributed by atoms with Crippen molar-refractivity contribution in [2.45, 2.75) is 62.0 Å². The van der Waals surface area contributed by atoms with Gasteiger partial charge < -0.3 is 5.32 Å². The van der Waals surface area contributed by atoms with Crippen LogP contribution >= 0.6 is 11.8 Å². The minimum absolute atomic E-state index is 0.407. The zero-order valence-electron chi connectivity index (χ0n) is 12.1.